The number of ether oxygens (including phenoxy) is 1. The molecular weight excluding hydrogens is 184 g/mol. The van der Waals surface area contributed by atoms with E-state index in [9.17, 15) is 10.2 Å². The average Bonchev–Trinajstić information content (AvgIpc) is 2.23. The van der Waals surface area contributed by atoms with Gasteiger partial charge in [0.2, 0.25) is 0 Å². The number of aromatic nitrogens is 2. The van der Waals surface area contributed by atoms with E-state index in [1.165, 1.54) is 25.6 Å². The van der Waals surface area contributed by atoms with Crippen molar-refractivity contribution in [3.05, 3.63) is 18.5 Å². The van der Waals surface area contributed by atoms with Gasteiger partial charge in [0.1, 0.15) is 5.75 Å². The van der Waals surface area contributed by atoms with Crippen molar-refractivity contribution in [3.63, 3.8) is 0 Å². The van der Waals surface area contributed by atoms with E-state index in [0.29, 0.717) is 10.8 Å². The Kier molecular flexibility index (Phi) is 1.85. The van der Waals surface area contributed by atoms with E-state index in [4.69, 9.17) is 4.74 Å². The van der Waals surface area contributed by atoms with Crippen molar-refractivity contribution in [3.8, 4) is 17.2 Å². The van der Waals surface area contributed by atoms with Crippen molar-refractivity contribution in [1.82, 2.24) is 10.2 Å². The number of fused-ring (bicyclic) bond motifs is 1. The van der Waals surface area contributed by atoms with Crippen LogP contribution in [-0.2, 0) is 0 Å². The minimum absolute atomic E-state index is 0.00421. The van der Waals surface area contributed by atoms with Crippen molar-refractivity contribution in [1.29, 1.82) is 0 Å². The molecule has 0 radical (unpaired) electrons. The second kappa shape index (κ2) is 3.02. The lowest BCUT2D eigenvalue weighted by Gasteiger charge is -2.07. The summed E-state index contributed by atoms with van der Waals surface area (Å²) in [5.74, 6) is 0.169. The van der Waals surface area contributed by atoms with Crippen molar-refractivity contribution < 1.29 is 14.9 Å². The Labute approximate surface area is 79.6 Å². The number of nitrogens with zero attached hydrogens (tertiary/aromatic N) is 2. The van der Waals surface area contributed by atoms with Crippen LogP contribution in [0, 0.1) is 0 Å². The number of methoxy groups -OCH3 is 1. The molecule has 2 N–H and O–H groups in total. The number of hydrogen-bond acceptors (Lipinski definition) is 5. The van der Waals surface area contributed by atoms with E-state index in [1.54, 1.807) is 0 Å². The van der Waals surface area contributed by atoms with Crippen LogP contribution in [0.4, 0.5) is 0 Å². The maximum absolute atomic E-state index is 9.67. The lowest BCUT2D eigenvalue weighted by Crippen LogP contribution is -1.87. The monoisotopic (exact) mass is 192 g/mol. The second-order valence-corrected chi connectivity index (χ2v) is 2.76. The normalized spacial score (nSPS) is 10.4. The summed E-state index contributed by atoms with van der Waals surface area (Å²) in [5.41, 5.74) is 0. The molecule has 0 aliphatic carbocycles. The molecule has 2 rings (SSSR count). The van der Waals surface area contributed by atoms with Gasteiger partial charge in [-0.1, -0.05) is 0 Å². The highest BCUT2D eigenvalue weighted by Gasteiger charge is 2.11. The van der Waals surface area contributed by atoms with Crippen molar-refractivity contribution in [2.45, 2.75) is 0 Å². The molecule has 0 fully saturated rings. The fourth-order valence-corrected chi connectivity index (χ4v) is 1.27. The quantitative estimate of drug-likeness (QED) is 0.660. The van der Waals surface area contributed by atoms with Crippen LogP contribution in [0.3, 0.4) is 0 Å². The third-order valence-electron chi connectivity index (χ3n) is 1.98. The first kappa shape index (κ1) is 8.55. The third-order valence-corrected chi connectivity index (χ3v) is 1.98. The fraction of sp³-hybridized carbons (Fsp3) is 0.111. The maximum Gasteiger partial charge on any atom is 0.167 e. The summed E-state index contributed by atoms with van der Waals surface area (Å²) < 4.78 is 4.88. The SMILES string of the molecule is COc1cc(O)c2cnncc2c1O. The molecule has 0 bridgehead atoms. The first-order valence-electron chi connectivity index (χ1n) is 3.93. The number of benzene rings is 1. The summed E-state index contributed by atoms with van der Waals surface area (Å²) in [6.07, 6.45) is 2.75. The lowest BCUT2D eigenvalue weighted by atomic mass is 10.1. The molecule has 0 unspecified atom stereocenters. The Hall–Kier alpha value is -2.04. The van der Waals surface area contributed by atoms with Crippen molar-refractivity contribution >= 4 is 10.8 Å². The summed E-state index contributed by atoms with van der Waals surface area (Å²) in [6, 6.07) is 1.33. The highest BCUT2D eigenvalue weighted by molar-refractivity contribution is 5.93. The summed E-state index contributed by atoms with van der Waals surface area (Å²) in [6.45, 7) is 0. The van der Waals surface area contributed by atoms with Crippen LogP contribution in [0.15, 0.2) is 18.5 Å². The first-order chi connectivity index (χ1) is 6.74. The van der Waals surface area contributed by atoms with E-state index in [-0.39, 0.29) is 17.2 Å². The highest BCUT2D eigenvalue weighted by Crippen LogP contribution is 2.38. The third kappa shape index (κ3) is 1.10. The van der Waals surface area contributed by atoms with Crippen molar-refractivity contribution in [2.24, 2.45) is 0 Å². The minimum atomic E-state index is -0.0461. The largest absolute Gasteiger partial charge is 0.507 e. The van der Waals surface area contributed by atoms with Gasteiger partial charge in [-0.3, -0.25) is 0 Å². The van der Waals surface area contributed by atoms with Gasteiger partial charge >= 0.3 is 0 Å². The Morgan fingerprint density at radius 1 is 1.14 bits per heavy atom. The first-order valence-corrected chi connectivity index (χ1v) is 3.93. The molecule has 5 nitrogen and oxygen atoms in total. The second-order valence-electron chi connectivity index (χ2n) is 2.76. The topological polar surface area (TPSA) is 75.5 Å². The maximum atomic E-state index is 9.67. The van der Waals surface area contributed by atoms with E-state index in [1.807, 2.05) is 0 Å². The van der Waals surface area contributed by atoms with Gasteiger partial charge in [0.15, 0.2) is 11.5 Å². The van der Waals surface area contributed by atoms with Gasteiger partial charge in [-0.2, -0.15) is 10.2 Å². The summed E-state index contributed by atoms with van der Waals surface area (Å²) in [4.78, 5) is 0. The molecule has 1 aromatic heterocycles. The molecule has 5 heteroatoms. The Morgan fingerprint density at radius 3 is 2.43 bits per heavy atom. The van der Waals surface area contributed by atoms with Crippen LogP contribution in [0.2, 0.25) is 0 Å². The fourth-order valence-electron chi connectivity index (χ4n) is 1.27. The zero-order valence-electron chi connectivity index (χ0n) is 7.43. The Balaban J connectivity index is 2.87. The van der Waals surface area contributed by atoms with E-state index < -0.39 is 0 Å². The van der Waals surface area contributed by atoms with Gasteiger partial charge in [-0.05, 0) is 0 Å². The molecule has 0 spiro atoms. The smallest absolute Gasteiger partial charge is 0.167 e. The molecule has 0 aliphatic rings. The van der Waals surface area contributed by atoms with E-state index in [2.05, 4.69) is 10.2 Å². The summed E-state index contributed by atoms with van der Waals surface area (Å²) >= 11 is 0. The average molecular weight is 192 g/mol. The summed E-state index contributed by atoms with van der Waals surface area (Å²) in [7, 11) is 1.41. The molecule has 1 heterocycles. The lowest BCUT2D eigenvalue weighted by molar-refractivity contribution is 0.372. The molecule has 1 aromatic carbocycles. The molecule has 0 atom stereocenters. The molecule has 0 saturated carbocycles. The standard InChI is InChI=1S/C9H8N2O3/c1-14-8-2-7(12)5-3-10-11-4-6(5)9(8)13/h2-4,12-13H,1H3. The van der Waals surface area contributed by atoms with Gasteiger partial charge in [0, 0.05) is 11.5 Å². The van der Waals surface area contributed by atoms with Crippen LogP contribution in [0.25, 0.3) is 10.8 Å². The molecule has 2 aromatic rings. The van der Waals surface area contributed by atoms with Gasteiger partial charge in [0.25, 0.3) is 0 Å². The Bertz CT molecular complexity index is 485. The minimum Gasteiger partial charge on any atom is -0.507 e. The van der Waals surface area contributed by atoms with Gasteiger partial charge in [-0.15, -0.1) is 0 Å². The number of aromatic hydroxyl groups is 2. The zero-order valence-corrected chi connectivity index (χ0v) is 7.43. The Morgan fingerprint density at radius 2 is 1.79 bits per heavy atom. The van der Waals surface area contributed by atoms with Crippen LogP contribution in [-0.4, -0.2) is 27.5 Å². The number of phenolic OH excluding ortho intramolecular Hbond substituents is 2. The van der Waals surface area contributed by atoms with Crippen LogP contribution >= 0.6 is 0 Å². The molecule has 0 amide bonds. The predicted octanol–water partition coefficient (Wildman–Crippen LogP) is 1.05. The van der Waals surface area contributed by atoms with Gasteiger partial charge < -0.3 is 14.9 Å². The molecule has 72 valence electrons. The van der Waals surface area contributed by atoms with Gasteiger partial charge in [0.05, 0.1) is 24.9 Å². The van der Waals surface area contributed by atoms with Crippen LogP contribution in [0.1, 0.15) is 0 Å². The van der Waals surface area contributed by atoms with Gasteiger partial charge in [-0.25, -0.2) is 0 Å². The van der Waals surface area contributed by atoms with Crippen LogP contribution < -0.4 is 4.74 Å². The number of hydrogen-bond donors (Lipinski definition) is 2. The predicted molar refractivity (Wildman–Crippen MR) is 49.4 cm³/mol. The van der Waals surface area contributed by atoms with E-state index in [0.717, 1.165) is 0 Å². The number of rotatable bonds is 1. The molecular formula is C9H8N2O3. The van der Waals surface area contributed by atoms with Crippen LogP contribution in [0.5, 0.6) is 17.2 Å². The number of phenols is 2. The zero-order chi connectivity index (χ0) is 10.1. The van der Waals surface area contributed by atoms with E-state index >= 15 is 0 Å². The molecule has 0 saturated heterocycles. The molecule has 0 aliphatic heterocycles. The highest BCUT2D eigenvalue weighted by atomic mass is 16.5. The molecule has 14 heavy (non-hydrogen) atoms. The van der Waals surface area contributed by atoms with Crippen molar-refractivity contribution in [2.75, 3.05) is 7.11 Å². The summed E-state index contributed by atoms with van der Waals surface area (Å²) in [5, 5.41) is 27.3.